The van der Waals surface area contributed by atoms with Gasteiger partial charge in [0.15, 0.2) is 0 Å². The topological polar surface area (TPSA) is 100 Å². The van der Waals surface area contributed by atoms with Gasteiger partial charge in [-0.1, -0.05) is 49.6 Å². The van der Waals surface area contributed by atoms with Gasteiger partial charge in [-0.2, -0.15) is 0 Å². The number of rotatable bonds is 7. The first-order chi connectivity index (χ1) is 20.1. The van der Waals surface area contributed by atoms with Crippen molar-refractivity contribution >= 4 is 40.7 Å². The Labute approximate surface area is 242 Å². The molecule has 2 fully saturated rings. The number of ether oxygens (including phenoxy) is 1. The van der Waals surface area contributed by atoms with Crippen LogP contribution in [0.15, 0.2) is 64.7 Å². The van der Waals surface area contributed by atoms with Gasteiger partial charge in [-0.05, 0) is 76.6 Å². The quantitative estimate of drug-likeness (QED) is 0.226. The minimum Gasteiger partial charge on any atom is -0.437 e. The Bertz CT molecular complexity index is 1450. The number of anilines is 1. The molecule has 1 saturated carbocycles. The van der Waals surface area contributed by atoms with Crippen molar-refractivity contribution in [2.75, 3.05) is 18.4 Å². The lowest BCUT2D eigenvalue weighted by Gasteiger charge is -2.24. The number of aryl methyl sites for hydroxylation is 1. The van der Waals surface area contributed by atoms with Gasteiger partial charge in [0.1, 0.15) is 5.75 Å². The predicted molar refractivity (Wildman–Crippen MR) is 168 cm³/mol. The number of pyridine rings is 1. The van der Waals surface area contributed by atoms with E-state index >= 15 is 0 Å². The Hall–Kier alpha value is -4.04. The number of benzene rings is 2. The summed E-state index contributed by atoms with van der Waals surface area (Å²) < 4.78 is 6.57. The summed E-state index contributed by atoms with van der Waals surface area (Å²) in [7, 11) is 0. The van der Waals surface area contributed by atoms with Gasteiger partial charge in [-0.25, -0.2) is 15.0 Å². The van der Waals surface area contributed by atoms with Crippen molar-refractivity contribution in [3.8, 4) is 11.6 Å². The van der Waals surface area contributed by atoms with Crippen LogP contribution in [0.3, 0.4) is 0 Å². The van der Waals surface area contributed by atoms with Crippen molar-refractivity contribution in [2.45, 2.75) is 64.8 Å². The molecular formula is C33H40N6O2. The normalized spacial score (nSPS) is 18.6. The Morgan fingerprint density at radius 1 is 1.07 bits per heavy atom. The molecule has 0 spiro atoms. The number of hydrogen-bond acceptors (Lipinski definition) is 5. The van der Waals surface area contributed by atoms with Gasteiger partial charge in [0, 0.05) is 41.2 Å². The summed E-state index contributed by atoms with van der Waals surface area (Å²) in [6.45, 7) is 9.58. The van der Waals surface area contributed by atoms with Gasteiger partial charge >= 0.3 is 0 Å². The molecule has 1 atom stereocenters. The summed E-state index contributed by atoms with van der Waals surface area (Å²) in [4.78, 5) is 26.6. The smallest absolute Gasteiger partial charge is 0.228 e. The van der Waals surface area contributed by atoms with Crippen molar-refractivity contribution < 1.29 is 9.53 Å². The fraction of sp³-hybridized carbons (Fsp3) is 0.394. The molecule has 0 bridgehead atoms. The molecule has 8 nitrogen and oxygen atoms in total. The molecule has 2 aromatic carbocycles. The summed E-state index contributed by atoms with van der Waals surface area (Å²) in [6, 6.07) is 14.1. The number of allylic oxidation sites excluding steroid dienone is 1. The van der Waals surface area contributed by atoms with Gasteiger partial charge in [-0.3, -0.25) is 4.79 Å². The molecule has 1 aliphatic heterocycles. The molecule has 2 heterocycles. The van der Waals surface area contributed by atoms with E-state index in [1.54, 1.807) is 6.20 Å². The molecule has 2 aliphatic rings. The number of aliphatic imine (C=N–C) groups is 2. The highest BCUT2D eigenvalue weighted by Crippen LogP contribution is 2.38. The lowest BCUT2D eigenvalue weighted by molar-refractivity contribution is -0.120. The third-order valence-electron chi connectivity index (χ3n) is 7.97. The molecule has 1 amide bonds. The van der Waals surface area contributed by atoms with Crippen LogP contribution in [0.5, 0.6) is 11.6 Å². The predicted octanol–water partition coefficient (Wildman–Crippen LogP) is 6.61. The van der Waals surface area contributed by atoms with Crippen molar-refractivity contribution in [1.82, 2.24) is 15.6 Å². The van der Waals surface area contributed by atoms with Crippen LogP contribution in [0.2, 0.25) is 0 Å². The molecule has 5 rings (SSSR count). The van der Waals surface area contributed by atoms with Crippen LogP contribution in [0.25, 0.3) is 16.5 Å². The Morgan fingerprint density at radius 3 is 2.68 bits per heavy atom. The van der Waals surface area contributed by atoms with Crippen LogP contribution < -0.4 is 20.7 Å². The van der Waals surface area contributed by atoms with Crippen molar-refractivity contribution in [1.29, 1.82) is 0 Å². The molecule has 1 aromatic heterocycles. The van der Waals surface area contributed by atoms with E-state index in [0.29, 0.717) is 23.3 Å². The van der Waals surface area contributed by atoms with E-state index in [4.69, 9.17) is 9.73 Å². The maximum absolute atomic E-state index is 13.1. The van der Waals surface area contributed by atoms with Gasteiger partial charge in [0.25, 0.3) is 0 Å². The Balaban J connectivity index is 1.44. The van der Waals surface area contributed by atoms with Crippen LogP contribution >= 0.6 is 0 Å². The minimum atomic E-state index is 0.0786. The average molecular weight is 553 g/mol. The van der Waals surface area contributed by atoms with E-state index < -0.39 is 0 Å². The third-order valence-corrected chi connectivity index (χ3v) is 7.97. The van der Waals surface area contributed by atoms with E-state index in [-0.39, 0.29) is 17.9 Å². The maximum Gasteiger partial charge on any atom is 0.228 e. The van der Waals surface area contributed by atoms with E-state index in [2.05, 4.69) is 32.6 Å². The number of nitrogens with one attached hydrogen (secondary N) is 3. The number of aromatic nitrogens is 1. The second-order valence-electron chi connectivity index (χ2n) is 10.8. The Morgan fingerprint density at radius 2 is 1.93 bits per heavy atom. The number of hydrogen-bond donors (Lipinski definition) is 3. The SMILES string of the molecule is C=N/C(=N\C(=C/C)c1cccnc1Oc1c(C)ccc2c(NC(=O)C3CCCCC3)cccc12)N[C@H]1CCCNC1. The fourth-order valence-electron chi connectivity index (χ4n) is 5.71. The average Bonchev–Trinajstić information content (AvgIpc) is 3.02. The fourth-order valence-corrected chi connectivity index (χ4v) is 5.71. The maximum atomic E-state index is 13.1. The molecule has 1 saturated heterocycles. The van der Waals surface area contributed by atoms with Gasteiger partial charge in [0.05, 0.1) is 11.3 Å². The molecule has 0 unspecified atom stereocenters. The number of guanidine groups is 1. The van der Waals surface area contributed by atoms with Crippen LogP contribution in [-0.4, -0.2) is 42.7 Å². The first kappa shape index (κ1) is 28.5. The summed E-state index contributed by atoms with van der Waals surface area (Å²) in [5, 5.41) is 11.9. The second-order valence-corrected chi connectivity index (χ2v) is 10.8. The van der Waals surface area contributed by atoms with Crippen molar-refractivity contribution in [3.05, 3.63) is 65.9 Å². The van der Waals surface area contributed by atoms with Gasteiger partial charge in [-0.15, -0.1) is 0 Å². The summed E-state index contributed by atoms with van der Waals surface area (Å²) in [5.74, 6) is 1.80. The second kappa shape index (κ2) is 13.5. The van der Waals surface area contributed by atoms with E-state index in [9.17, 15) is 4.79 Å². The molecular weight excluding hydrogens is 512 g/mol. The monoisotopic (exact) mass is 552 g/mol. The molecule has 214 valence electrons. The minimum absolute atomic E-state index is 0.0786. The first-order valence-electron chi connectivity index (χ1n) is 14.7. The zero-order chi connectivity index (χ0) is 28.6. The van der Waals surface area contributed by atoms with Crippen LogP contribution in [0.1, 0.15) is 63.0 Å². The highest BCUT2D eigenvalue weighted by atomic mass is 16.5. The number of carbonyl (C=O) groups is 1. The van der Waals surface area contributed by atoms with Crippen LogP contribution in [-0.2, 0) is 4.79 Å². The zero-order valence-electron chi connectivity index (χ0n) is 24.1. The summed E-state index contributed by atoms with van der Waals surface area (Å²) >= 11 is 0. The Kier molecular flexibility index (Phi) is 9.41. The highest BCUT2D eigenvalue weighted by Gasteiger charge is 2.22. The molecule has 3 aromatic rings. The number of amides is 1. The molecule has 1 aliphatic carbocycles. The van der Waals surface area contributed by atoms with Gasteiger partial charge in [0.2, 0.25) is 17.7 Å². The van der Waals surface area contributed by atoms with E-state index in [0.717, 1.165) is 79.2 Å². The number of carbonyl (C=O) groups excluding carboxylic acids is 1. The lowest BCUT2D eigenvalue weighted by Crippen LogP contribution is -2.45. The lowest BCUT2D eigenvalue weighted by atomic mass is 9.88. The molecule has 0 radical (unpaired) electrons. The summed E-state index contributed by atoms with van der Waals surface area (Å²) in [5.41, 5.74) is 3.20. The highest BCUT2D eigenvalue weighted by molar-refractivity contribution is 6.05. The standard InChI is InChI=1S/C33H40N6O2/c1-4-28(39-33(34-3)37-24-13-9-19-35-21-24)27-15-10-20-36-32(27)41-30-22(2)17-18-25-26(30)14-8-16-29(25)38-31(40)23-11-6-5-7-12-23/h4,8,10,14-18,20,23-24,35H,3,5-7,9,11-13,19,21H2,1-2H3,(H,37,39)(H,38,40)/b28-4-/t24-/m0/s1. The number of piperidine rings is 1. The molecule has 3 N–H and O–H groups in total. The van der Waals surface area contributed by atoms with Crippen molar-refractivity contribution in [3.63, 3.8) is 0 Å². The molecule has 8 heteroatoms. The van der Waals surface area contributed by atoms with Gasteiger partial charge < -0.3 is 20.7 Å². The summed E-state index contributed by atoms with van der Waals surface area (Å²) in [6.07, 6.45) is 11.2. The van der Waals surface area contributed by atoms with E-state index in [1.807, 2.05) is 62.4 Å². The largest absolute Gasteiger partial charge is 0.437 e. The van der Waals surface area contributed by atoms with E-state index in [1.165, 1.54) is 6.42 Å². The van der Waals surface area contributed by atoms with Crippen LogP contribution in [0, 0.1) is 12.8 Å². The van der Waals surface area contributed by atoms with Crippen molar-refractivity contribution in [2.24, 2.45) is 15.9 Å². The number of nitrogens with zero attached hydrogens (tertiary/aromatic N) is 3. The zero-order valence-corrected chi connectivity index (χ0v) is 24.1. The van der Waals surface area contributed by atoms with Crippen LogP contribution in [0.4, 0.5) is 5.69 Å². The number of fused-ring (bicyclic) bond motifs is 1. The first-order valence-corrected chi connectivity index (χ1v) is 14.7. The third kappa shape index (κ3) is 6.82. The molecule has 41 heavy (non-hydrogen) atoms.